The van der Waals surface area contributed by atoms with Gasteiger partial charge in [0.2, 0.25) is 0 Å². The largest absolute Gasteiger partial charge is 0.489 e. The van der Waals surface area contributed by atoms with Crippen molar-refractivity contribution < 1.29 is 9.47 Å². The van der Waals surface area contributed by atoms with Gasteiger partial charge in [0.05, 0.1) is 0 Å². The van der Waals surface area contributed by atoms with Crippen molar-refractivity contribution in [2.24, 2.45) is 5.73 Å². The first-order valence-corrected chi connectivity index (χ1v) is 8.02. The maximum Gasteiger partial charge on any atom is 0.132 e. The van der Waals surface area contributed by atoms with E-state index in [2.05, 4.69) is 0 Å². The van der Waals surface area contributed by atoms with E-state index in [9.17, 15) is 0 Å². The van der Waals surface area contributed by atoms with Crippen LogP contribution in [0, 0.1) is 0 Å². The van der Waals surface area contributed by atoms with Gasteiger partial charge >= 0.3 is 0 Å². The van der Waals surface area contributed by atoms with Crippen LogP contribution in [-0.2, 0) is 6.42 Å². The third kappa shape index (κ3) is 4.80. The first-order chi connectivity index (χ1) is 10.6. The lowest BCUT2D eigenvalue weighted by molar-refractivity contribution is 0.229. The summed E-state index contributed by atoms with van der Waals surface area (Å²) in [5.41, 5.74) is 6.56. The molecule has 0 heterocycles. The summed E-state index contributed by atoms with van der Waals surface area (Å²) in [5.74, 6) is 2.72. The minimum Gasteiger partial charge on any atom is -0.489 e. The minimum absolute atomic E-state index is 0.0185. The molecule has 0 saturated carbocycles. The van der Waals surface area contributed by atoms with Crippen molar-refractivity contribution in [3.63, 3.8) is 0 Å². The summed E-state index contributed by atoms with van der Waals surface area (Å²) >= 11 is 11.9. The molecule has 2 rings (SSSR count). The Labute approximate surface area is 140 Å². The van der Waals surface area contributed by atoms with Crippen LogP contribution < -0.4 is 15.2 Å². The van der Waals surface area contributed by atoms with E-state index < -0.39 is 0 Å². The predicted molar refractivity (Wildman–Crippen MR) is 91.5 cm³/mol. The van der Waals surface area contributed by atoms with Crippen molar-refractivity contribution in [1.82, 2.24) is 0 Å². The van der Waals surface area contributed by atoms with Gasteiger partial charge in [-0.1, -0.05) is 17.7 Å². The molecule has 0 aromatic heterocycles. The molecule has 0 bridgehead atoms. The molecule has 0 spiro atoms. The Bertz CT molecular complexity index is 602. The van der Waals surface area contributed by atoms with E-state index in [1.807, 2.05) is 43.3 Å². The Morgan fingerprint density at radius 2 is 1.77 bits per heavy atom. The van der Waals surface area contributed by atoms with Crippen LogP contribution in [0.1, 0.15) is 12.5 Å². The van der Waals surface area contributed by atoms with E-state index in [0.29, 0.717) is 23.2 Å². The molecule has 0 aliphatic rings. The second kappa shape index (κ2) is 8.28. The molecule has 5 heteroatoms. The van der Waals surface area contributed by atoms with E-state index in [1.54, 1.807) is 6.07 Å². The summed E-state index contributed by atoms with van der Waals surface area (Å²) in [6.45, 7) is 2.40. The number of rotatable bonds is 7. The fraction of sp³-hybridized carbons (Fsp3) is 0.294. The molecule has 1 unspecified atom stereocenters. The zero-order chi connectivity index (χ0) is 15.9. The lowest BCUT2D eigenvalue weighted by Gasteiger charge is -2.14. The zero-order valence-corrected chi connectivity index (χ0v) is 13.9. The molecule has 0 aliphatic heterocycles. The number of alkyl halides is 1. The van der Waals surface area contributed by atoms with Crippen LogP contribution in [0.15, 0.2) is 42.5 Å². The van der Waals surface area contributed by atoms with Crippen molar-refractivity contribution in [3.05, 3.63) is 53.1 Å². The van der Waals surface area contributed by atoms with Gasteiger partial charge in [0.1, 0.15) is 23.4 Å². The van der Waals surface area contributed by atoms with Crippen LogP contribution in [0.2, 0.25) is 5.02 Å². The summed E-state index contributed by atoms with van der Waals surface area (Å²) in [6, 6.07) is 13.0. The molecule has 0 saturated heterocycles. The Hall–Kier alpha value is -1.42. The molecule has 3 nitrogen and oxygen atoms in total. The summed E-state index contributed by atoms with van der Waals surface area (Å²) in [6.07, 6.45) is 0.707. The Morgan fingerprint density at radius 1 is 1.09 bits per heavy atom. The van der Waals surface area contributed by atoms with Gasteiger partial charge in [-0.2, -0.15) is 0 Å². The second-order valence-electron chi connectivity index (χ2n) is 4.93. The van der Waals surface area contributed by atoms with Crippen molar-refractivity contribution in [1.29, 1.82) is 0 Å². The highest BCUT2D eigenvalue weighted by Gasteiger charge is 2.07. The molecule has 0 fully saturated rings. The van der Waals surface area contributed by atoms with E-state index in [0.717, 1.165) is 23.5 Å². The Morgan fingerprint density at radius 3 is 2.41 bits per heavy atom. The number of hydrogen-bond acceptors (Lipinski definition) is 3. The van der Waals surface area contributed by atoms with Crippen molar-refractivity contribution in [3.8, 4) is 17.2 Å². The number of ether oxygens (including phenoxy) is 2. The number of benzene rings is 2. The molecular formula is C17H19Cl2NO2. The average molecular weight is 340 g/mol. The fourth-order valence-electron chi connectivity index (χ4n) is 1.93. The molecule has 0 aliphatic carbocycles. The van der Waals surface area contributed by atoms with Crippen molar-refractivity contribution in [2.75, 3.05) is 12.4 Å². The summed E-state index contributed by atoms with van der Waals surface area (Å²) in [5, 5.41) is 0.630. The SMILES string of the molecule is CC(CN)Oc1ccc(Oc2cc(Cl)ccc2CCCl)cc1. The first kappa shape index (κ1) is 16.9. The molecule has 2 aromatic carbocycles. The molecule has 118 valence electrons. The lowest BCUT2D eigenvalue weighted by Crippen LogP contribution is -2.22. The van der Waals surface area contributed by atoms with E-state index >= 15 is 0 Å². The van der Waals surface area contributed by atoms with E-state index in [4.69, 9.17) is 38.4 Å². The predicted octanol–water partition coefficient (Wildman–Crippen LogP) is 4.64. The maximum atomic E-state index is 6.04. The zero-order valence-electron chi connectivity index (χ0n) is 12.4. The lowest BCUT2D eigenvalue weighted by atomic mass is 10.1. The maximum absolute atomic E-state index is 6.04. The van der Waals surface area contributed by atoms with Crippen LogP contribution in [0.4, 0.5) is 0 Å². The third-order valence-electron chi connectivity index (χ3n) is 3.11. The van der Waals surface area contributed by atoms with E-state index in [1.165, 1.54) is 0 Å². The number of nitrogens with two attached hydrogens (primary N) is 1. The number of halogens is 2. The Kier molecular flexibility index (Phi) is 6.37. The van der Waals surface area contributed by atoms with Crippen LogP contribution in [0.5, 0.6) is 17.2 Å². The highest BCUT2D eigenvalue weighted by molar-refractivity contribution is 6.30. The summed E-state index contributed by atoms with van der Waals surface area (Å²) in [4.78, 5) is 0. The monoisotopic (exact) mass is 339 g/mol. The molecule has 1 atom stereocenters. The van der Waals surface area contributed by atoms with Crippen molar-refractivity contribution in [2.45, 2.75) is 19.4 Å². The molecule has 0 amide bonds. The molecule has 0 radical (unpaired) electrons. The first-order valence-electron chi connectivity index (χ1n) is 7.11. The summed E-state index contributed by atoms with van der Waals surface area (Å²) < 4.78 is 11.5. The normalized spacial score (nSPS) is 12.0. The van der Waals surface area contributed by atoms with E-state index in [-0.39, 0.29) is 6.10 Å². The van der Waals surface area contributed by atoms with Gasteiger partial charge in [0, 0.05) is 17.4 Å². The number of aryl methyl sites for hydroxylation is 1. The topological polar surface area (TPSA) is 44.5 Å². The van der Waals surface area contributed by atoms with Crippen LogP contribution in [0.3, 0.4) is 0 Å². The van der Waals surface area contributed by atoms with Crippen molar-refractivity contribution >= 4 is 23.2 Å². The quantitative estimate of drug-likeness (QED) is 0.747. The molecule has 2 aromatic rings. The highest BCUT2D eigenvalue weighted by atomic mass is 35.5. The minimum atomic E-state index is -0.0185. The summed E-state index contributed by atoms with van der Waals surface area (Å²) in [7, 11) is 0. The smallest absolute Gasteiger partial charge is 0.132 e. The van der Waals surface area contributed by atoms with Crippen LogP contribution in [0.25, 0.3) is 0 Å². The average Bonchev–Trinajstić information content (AvgIpc) is 2.52. The van der Waals surface area contributed by atoms with Gasteiger partial charge in [0.15, 0.2) is 0 Å². The highest BCUT2D eigenvalue weighted by Crippen LogP contribution is 2.30. The molecule has 22 heavy (non-hydrogen) atoms. The third-order valence-corrected chi connectivity index (χ3v) is 3.54. The van der Waals surface area contributed by atoms with Gasteiger partial charge in [-0.3, -0.25) is 0 Å². The fourth-order valence-corrected chi connectivity index (χ4v) is 2.29. The standard InChI is InChI=1S/C17H19Cl2NO2/c1-12(11-20)21-15-4-6-16(7-5-15)22-17-10-14(19)3-2-13(17)8-9-18/h2-7,10,12H,8-9,11,20H2,1H3. The molecular weight excluding hydrogens is 321 g/mol. The number of hydrogen-bond donors (Lipinski definition) is 1. The van der Waals surface area contributed by atoms with Gasteiger partial charge < -0.3 is 15.2 Å². The molecule has 2 N–H and O–H groups in total. The Balaban J connectivity index is 2.12. The van der Waals surface area contributed by atoms with Gasteiger partial charge in [-0.15, -0.1) is 11.6 Å². The van der Waals surface area contributed by atoms with Crippen LogP contribution in [-0.4, -0.2) is 18.5 Å². The van der Waals surface area contributed by atoms with Crippen LogP contribution >= 0.6 is 23.2 Å². The van der Waals surface area contributed by atoms with Gasteiger partial charge in [-0.25, -0.2) is 0 Å². The second-order valence-corrected chi connectivity index (χ2v) is 5.74. The van der Waals surface area contributed by atoms with Gasteiger partial charge in [-0.05, 0) is 55.3 Å². The van der Waals surface area contributed by atoms with Gasteiger partial charge in [0.25, 0.3) is 0 Å².